The smallest absolute Gasteiger partial charge is 0.221 e. The van der Waals surface area contributed by atoms with Gasteiger partial charge in [0.05, 0.1) is 32.7 Å². The predicted octanol–water partition coefficient (Wildman–Crippen LogP) is 4.63. The van der Waals surface area contributed by atoms with Gasteiger partial charge in [-0.3, -0.25) is 10.2 Å². The van der Waals surface area contributed by atoms with Crippen LogP contribution in [0.5, 0.6) is 17.2 Å². The number of nitrogens with zero attached hydrogens (tertiary/aromatic N) is 2. The van der Waals surface area contributed by atoms with Gasteiger partial charge in [-0.05, 0) is 31.2 Å². The first-order valence-corrected chi connectivity index (χ1v) is 10.4. The molecule has 162 valence electrons. The third-order valence-electron chi connectivity index (χ3n) is 4.15. The Labute approximate surface area is 184 Å². The first-order valence-electron chi connectivity index (χ1n) is 9.55. The minimum atomic E-state index is -0.103. The molecule has 0 aliphatic heterocycles. The Morgan fingerprint density at radius 1 is 1.16 bits per heavy atom. The first-order chi connectivity index (χ1) is 15.0. The van der Waals surface area contributed by atoms with Crippen molar-refractivity contribution in [3.05, 3.63) is 47.3 Å². The molecule has 0 spiro atoms. The summed E-state index contributed by atoms with van der Waals surface area (Å²) in [4.78, 5) is 15.7. The summed E-state index contributed by atoms with van der Waals surface area (Å²) in [5, 5.41) is 9.60. The Morgan fingerprint density at radius 2 is 1.84 bits per heavy atom. The first kappa shape index (κ1) is 22.1. The number of nitrogens with one attached hydrogen (secondary N) is 2. The molecule has 31 heavy (non-hydrogen) atoms. The summed E-state index contributed by atoms with van der Waals surface area (Å²) in [7, 11) is 3.16. The second kappa shape index (κ2) is 10.4. The van der Waals surface area contributed by atoms with Crippen molar-refractivity contribution in [1.29, 1.82) is 0 Å². The van der Waals surface area contributed by atoms with E-state index < -0.39 is 0 Å². The van der Waals surface area contributed by atoms with Crippen LogP contribution in [0.3, 0.4) is 0 Å². The van der Waals surface area contributed by atoms with Crippen LogP contribution in [0.1, 0.15) is 19.4 Å². The van der Waals surface area contributed by atoms with Crippen LogP contribution in [0.2, 0.25) is 0 Å². The summed E-state index contributed by atoms with van der Waals surface area (Å²) in [5.41, 5.74) is 6.24. The number of methoxy groups -OCH3 is 2. The number of anilines is 2. The molecule has 0 bridgehead atoms. The van der Waals surface area contributed by atoms with E-state index in [9.17, 15) is 4.79 Å². The number of hydrazone groups is 1. The molecule has 9 heteroatoms. The van der Waals surface area contributed by atoms with Crippen molar-refractivity contribution >= 4 is 34.3 Å². The van der Waals surface area contributed by atoms with E-state index in [0.717, 1.165) is 22.5 Å². The molecule has 0 aliphatic rings. The van der Waals surface area contributed by atoms with Crippen LogP contribution in [-0.2, 0) is 4.79 Å². The standard InChI is InChI=1S/C22H24N4O4S/c1-5-30-21-19(28-3)10-15(11-20(21)29-4)12-23-26-22-25-18(13-31-22)16-6-8-17(9-7-16)24-14(2)27/h6-13H,5H2,1-4H3,(H,24,27)(H,25,26)/b23-12-. The molecule has 1 heterocycles. The monoisotopic (exact) mass is 440 g/mol. The zero-order valence-corrected chi connectivity index (χ0v) is 18.6. The topological polar surface area (TPSA) is 94.1 Å². The van der Waals surface area contributed by atoms with Crippen molar-refractivity contribution < 1.29 is 19.0 Å². The van der Waals surface area contributed by atoms with Crippen molar-refractivity contribution in [3.63, 3.8) is 0 Å². The number of thiazole rings is 1. The second-order valence-electron chi connectivity index (χ2n) is 6.35. The van der Waals surface area contributed by atoms with Gasteiger partial charge in [0.2, 0.25) is 16.8 Å². The second-order valence-corrected chi connectivity index (χ2v) is 7.21. The number of aromatic nitrogens is 1. The Bertz CT molecular complexity index is 1040. The Kier molecular flexibility index (Phi) is 7.45. The molecular weight excluding hydrogens is 416 g/mol. The highest BCUT2D eigenvalue weighted by Gasteiger charge is 2.13. The average Bonchev–Trinajstić information content (AvgIpc) is 3.23. The van der Waals surface area contributed by atoms with Crippen LogP contribution in [-0.4, -0.2) is 37.9 Å². The van der Waals surface area contributed by atoms with Crippen LogP contribution in [0.15, 0.2) is 46.9 Å². The van der Waals surface area contributed by atoms with Gasteiger partial charge in [0.25, 0.3) is 0 Å². The maximum absolute atomic E-state index is 11.1. The number of hydrogen-bond acceptors (Lipinski definition) is 8. The molecule has 0 saturated heterocycles. The third kappa shape index (κ3) is 5.73. The molecule has 1 aromatic heterocycles. The normalized spacial score (nSPS) is 10.7. The summed E-state index contributed by atoms with van der Waals surface area (Å²) in [6.07, 6.45) is 1.66. The van der Waals surface area contributed by atoms with Crippen LogP contribution in [0.4, 0.5) is 10.8 Å². The van der Waals surface area contributed by atoms with Gasteiger partial charge in [-0.15, -0.1) is 11.3 Å². The molecular formula is C22H24N4O4S. The molecule has 0 fully saturated rings. The minimum Gasteiger partial charge on any atom is -0.493 e. The third-order valence-corrected chi connectivity index (χ3v) is 4.90. The summed E-state index contributed by atoms with van der Waals surface area (Å²) in [5.74, 6) is 1.60. The van der Waals surface area contributed by atoms with Crippen molar-refractivity contribution in [3.8, 4) is 28.5 Å². The minimum absolute atomic E-state index is 0.103. The Hall–Kier alpha value is -3.59. The van der Waals surface area contributed by atoms with Crippen LogP contribution < -0.4 is 25.0 Å². The van der Waals surface area contributed by atoms with E-state index in [4.69, 9.17) is 14.2 Å². The molecule has 0 radical (unpaired) electrons. The van der Waals surface area contributed by atoms with E-state index >= 15 is 0 Å². The quantitative estimate of drug-likeness (QED) is 0.372. The largest absolute Gasteiger partial charge is 0.493 e. The van der Waals surface area contributed by atoms with E-state index in [0.29, 0.717) is 29.0 Å². The van der Waals surface area contributed by atoms with Crippen molar-refractivity contribution in [2.24, 2.45) is 5.10 Å². The molecule has 3 rings (SSSR count). The van der Waals surface area contributed by atoms with Crippen molar-refractivity contribution in [1.82, 2.24) is 4.98 Å². The molecule has 2 N–H and O–H groups in total. The molecule has 0 atom stereocenters. The van der Waals surface area contributed by atoms with Gasteiger partial charge >= 0.3 is 0 Å². The lowest BCUT2D eigenvalue weighted by atomic mass is 10.1. The van der Waals surface area contributed by atoms with E-state index in [2.05, 4.69) is 20.8 Å². The lowest BCUT2D eigenvalue weighted by molar-refractivity contribution is -0.114. The molecule has 1 amide bonds. The highest BCUT2D eigenvalue weighted by Crippen LogP contribution is 2.38. The summed E-state index contributed by atoms with van der Waals surface area (Å²) in [6, 6.07) is 11.1. The van der Waals surface area contributed by atoms with Gasteiger partial charge < -0.3 is 19.5 Å². The van der Waals surface area contributed by atoms with E-state index in [1.165, 1.54) is 18.3 Å². The van der Waals surface area contributed by atoms with Crippen LogP contribution in [0, 0.1) is 0 Å². The predicted molar refractivity (Wildman–Crippen MR) is 124 cm³/mol. The van der Waals surface area contributed by atoms with Crippen LogP contribution in [0.25, 0.3) is 11.3 Å². The van der Waals surface area contributed by atoms with E-state index in [-0.39, 0.29) is 5.91 Å². The average molecular weight is 441 g/mol. The molecule has 0 unspecified atom stereocenters. The van der Waals surface area contributed by atoms with Gasteiger partial charge in [0.15, 0.2) is 11.5 Å². The number of hydrogen-bond donors (Lipinski definition) is 2. The van der Waals surface area contributed by atoms with Gasteiger partial charge in [0, 0.05) is 29.1 Å². The fourth-order valence-electron chi connectivity index (χ4n) is 2.81. The molecule has 8 nitrogen and oxygen atoms in total. The number of amides is 1. The van der Waals surface area contributed by atoms with Crippen molar-refractivity contribution in [2.75, 3.05) is 31.6 Å². The lowest BCUT2D eigenvalue weighted by Gasteiger charge is -2.14. The van der Waals surface area contributed by atoms with Crippen LogP contribution >= 0.6 is 11.3 Å². The summed E-state index contributed by atoms with van der Waals surface area (Å²) >= 11 is 1.44. The molecule has 3 aromatic rings. The summed E-state index contributed by atoms with van der Waals surface area (Å²) in [6.45, 7) is 3.88. The van der Waals surface area contributed by atoms with E-state index in [1.54, 1.807) is 20.4 Å². The number of carbonyl (C=O) groups excluding carboxylic acids is 1. The van der Waals surface area contributed by atoms with E-state index in [1.807, 2.05) is 48.7 Å². The van der Waals surface area contributed by atoms with Gasteiger partial charge in [-0.25, -0.2) is 4.98 Å². The van der Waals surface area contributed by atoms with Gasteiger partial charge in [-0.1, -0.05) is 12.1 Å². The molecule has 2 aromatic carbocycles. The summed E-state index contributed by atoms with van der Waals surface area (Å²) < 4.78 is 16.4. The zero-order valence-electron chi connectivity index (χ0n) is 17.8. The highest BCUT2D eigenvalue weighted by molar-refractivity contribution is 7.14. The van der Waals surface area contributed by atoms with Crippen molar-refractivity contribution in [2.45, 2.75) is 13.8 Å². The highest BCUT2D eigenvalue weighted by atomic mass is 32.1. The number of ether oxygens (including phenoxy) is 3. The van der Waals surface area contributed by atoms with Gasteiger partial charge in [-0.2, -0.15) is 5.10 Å². The Morgan fingerprint density at radius 3 is 2.42 bits per heavy atom. The zero-order chi connectivity index (χ0) is 22.2. The fraction of sp³-hybridized carbons (Fsp3) is 0.227. The molecule has 0 saturated carbocycles. The SMILES string of the molecule is CCOc1c(OC)cc(/C=N\Nc2nc(-c3ccc(NC(C)=O)cc3)cs2)cc1OC. The number of carbonyl (C=O) groups is 1. The lowest BCUT2D eigenvalue weighted by Crippen LogP contribution is -2.05. The maximum Gasteiger partial charge on any atom is 0.221 e. The fourth-order valence-corrected chi connectivity index (χ4v) is 3.48. The maximum atomic E-state index is 11.1. The Balaban J connectivity index is 1.69. The van der Waals surface area contributed by atoms with Gasteiger partial charge in [0.1, 0.15) is 0 Å². The number of benzene rings is 2. The molecule has 0 aliphatic carbocycles. The number of rotatable bonds is 9.